The van der Waals surface area contributed by atoms with Crippen LogP contribution in [0.5, 0.6) is 0 Å². The molecule has 2 amide bonds. The number of rotatable bonds is 5. The van der Waals surface area contributed by atoms with E-state index in [1.165, 1.54) is 4.90 Å². The van der Waals surface area contributed by atoms with Crippen molar-refractivity contribution in [3.05, 3.63) is 0 Å². The Morgan fingerprint density at radius 3 is 2.00 bits per heavy atom. The molecule has 0 atom stereocenters. The standard InChI is InChI=1S/C10H19NO2.C2H6/c1-5-10(3,4)7-9(13)11(6-2)8-12;1-2/h8H,5-7H2,1-4H3;1-2H3. The second-order valence-corrected chi connectivity index (χ2v) is 3.98. The number of hydrogen-bond donors (Lipinski definition) is 0. The highest BCUT2D eigenvalue weighted by atomic mass is 16.2. The lowest BCUT2D eigenvalue weighted by atomic mass is 9.86. The van der Waals surface area contributed by atoms with Gasteiger partial charge in [-0.15, -0.1) is 0 Å². The topological polar surface area (TPSA) is 37.4 Å². The molecule has 0 rings (SSSR count). The van der Waals surface area contributed by atoms with Gasteiger partial charge in [0.05, 0.1) is 0 Å². The van der Waals surface area contributed by atoms with Crippen molar-refractivity contribution in [3.8, 4) is 0 Å². The van der Waals surface area contributed by atoms with Crippen LogP contribution in [0.4, 0.5) is 0 Å². The first-order chi connectivity index (χ1) is 6.96. The highest BCUT2D eigenvalue weighted by Crippen LogP contribution is 2.24. The van der Waals surface area contributed by atoms with Crippen LogP contribution in [0.3, 0.4) is 0 Å². The maximum Gasteiger partial charge on any atom is 0.229 e. The van der Waals surface area contributed by atoms with E-state index < -0.39 is 0 Å². The number of hydrogen-bond acceptors (Lipinski definition) is 2. The van der Waals surface area contributed by atoms with Crippen LogP contribution in [-0.4, -0.2) is 23.8 Å². The van der Waals surface area contributed by atoms with Crippen LogP contribution >= 0.6 is 0 Å². The third-order valence-corrected chi connectivity index (χ3v) is 2.38. The first kappa shape index (κ1) is 16.6. The molecule has 0 fully saturated rings. The predicted octanol–water partition coefficient (Wildman–Crippen LogP) is 2.84. The minimum atomic E-state index is -0.0793. The molecular formula is C12H25NO2. The Morgan fingerprint density at radius 1 is 1.27 bits per heavy atom. The van der Waals surface area contributed by atoms with Gasteiger partial charge in [0.1, 0.15) is 0 Å². The monoisotopic (exact) mass is 215 g/mol. The van der Waals surface area contributed by atoms with Crippen molar-refractivity contribution in [2.75, 3.05) is 6.54 Å². The lowest BCUT2D eigenvalue weighted by Gasteiger charge is -2.24. The van der Waals surface area contributed by atoms with E-state index in [4.69, 9.17) is 0 Å². The maximum atomic E-state index is 11.5. The quantitative estimate of drug-likeness (QED) is 0.661. The maximum absolute atomic E-state index is 11.5. The molecule has 0 aromatic heterocycles. The van der Waals surface area contributed by atoms with E-state index in [0.29, 0.717) is 19.4 Å². The van der Waals surface area contributed by atoms with Crippen LogP contribution in [0.1, 0.15) is 54.4 Å². The van der Waals surface area contributed by atoms with E-state index in [2.05, 4.69) is 0 Å². The molecule has 0 aliphatic rings. The Bertz CT molecular complexity index is 188. The zero-order chi connectivity index (χ0) is 12.5. The zero-order valence-electron chi connectivity index (χ0n) is 11.0. The molecule has 0 aliphatic carbocycles. The molecule has 0 saturated carbocycles. The third-order valence-electron chi connectivity index (χ3n) is 2.38. The number of nitrogens with zero attached hydrogens (tertiary/aromatic N) is 1. The molecule has 15 heavy (non-hydrogen) atoms. The Hall–Kier alpha value is -0.860. The summed E-state index contributed by atoms with van der Waals surface area (Å²) in [6, 6.07) is 0. The zero-order valence-corrected chi connectivity index (χ0v) is 11.0. The van der Waals surface area contributed by atoms with E-state index in [9.17, 15) is 9.59 Å². The van der Waals surface area contributed by atoms with Crippen LogP contribution in [0.25, 0.3) is 0 Å². The summed E-state index contributed by atoms with van der Waals surface area (Å²) in [4.78, 5) is 23.2. The summed E-state index contributed by atoms with van der Waals surface area (Å²) in [5.41, 5.74) is -0.00644. The van der Waals surface area contributed by atoms with Gasteiger partial charge < -0.3 is 0 Å². The molecule has 0 saturated heterocycles. The van der Waals surface area contributed by atoms with Crippen molar-refractivity contribution in [2.45, 2.75) is 54.4 Å². The van der Waals surface area contributed by atoms with Crippen LogP contribution < -0.4 is 0 Å². The SMILES string of the molecule is CC.CCN(C=O)C(=O)CC(C)(C)CC. The molecule has 0 N–H and O–H groups in total. The van der Waals surface area contributed by atoms with Gasteiger partial charge in [-0.2, -0.15) is 0 Å². The summed E-state index contributed by atoms with van der Waals surface area (Å²) in [6.07, 6.45) is 1.99. The summed E-state index contributed by atoms with van der Waals surface area (Å²) in [6.45, 7) is 12.4. The normalized spacial score (nSPS) is 10.0. The summed E-state index contributed by atoms with van der Waals surface area (Å²) in [7, 11) is 0. The van der Waals surface area contributed by atoms with Crippen molar-refractivity contribution in [2.24, 2.45) is 5.41 Å². The fraction of sp³-hybridized carbons (Fsp3) is 0.833. The molecule has 3 nitrogen and oxygen atoms in total. The highest BCUT2D eigenvalue weighted by molar-refractivity contribution is 5.86. The molecule has 0 spiro atoms. The molecular weight excluding hydrogens is 190 g/mol. The molecule has 0 heterocycles. The van der Waals surface area contributed by atoms with Gasteiger partial charge in [0.15, 0.2) is 0 Å². The van der Waals surface area contributed by atoms with Gasteiger partial charge in [0, 0.05) is 13.0 Å². The first-order valence-corrected chi connectivity index (χ1v) is 5.71. The molecule has 0 aliphatic heterocycles. The van der Waals surface area contributed by atoms with Crippen LogP contribution in [-0.2, 0) is 9.59 Å². The van der Waals surface area contributed by atoms with E-state index >= 15 is 0 Å². The minimum Gasteiger partial charge on any atom is -0.286 e. The minimum absolute atomic E-state index is 0.00644. The molecule has 0 aromatic carbocycles. The van der Waals surface area contributed by atoms with Crippen LogP contribution in [0.2, 0.25) is 0 Å². The second-order valence-electron chi connectivity index (χ2n) is 3.98. The van der Waals surface area contributed by atoms with Crippen LogP contribution in [0.15, 0.2) is 0 Å². The van der Waals surface area contributed by atoms with E-state index in [1.54, 1.807) is 6.92 Å². The Morgan fingerprint density at radius 2 is 1.73 bits per heavy atom. The second kappa shape index (κ2) is 8.45. The average molecular weight is 215 g/mol. The van der Waals surface area contributed by atoms with E-state index in [1.807, 2.05) is 34.6 Å². The van der Waals surface area contributed by atoms with Gasteiger partial charge in [-0.3, -0.25) is 14.5 Å². The number of amides is 2. The number of carbonyl (C=O) groups is 2. The molecule has 3 heteroatoms. The summed E-state index contributed by atoms with van der Waals surface area (Å²) in [5.74, 6) is -0.0793. The van der Waals surface area contributed by atoms with Gasteiger partial charge in [0.2, 0.25) is 12.3 Å². The Balaban J connectivity index is 0. The van der Waals surface area contributed by atoms with Gasteiger partial charge >= 0.3 is 0 Å². The predicted molar refractivity (Wildman–Crippen MR) is 63.5 cm³/mol. The Kier molecular flexibility index (Phi) is 9.33. The smallest absolute Gasteiger partial charge is 0.229 e. The van der Waals surface area contributed by atoms with Gasteiger partial charge in [0.25, 0.3) is 0 Å². The van der Waals surface area contributed by atoms with Crippen molar-refractivity contribution in [3.63, 3.8) is 0 Å². The highest BCUT2D eigenvalue weighted by Gasteiger charge is 2.22. The summed E-state index contributed by atoms with van der Waals surface area (Å²) < 4.78 is 0. The summed E-state index contributed by atoms with van der Waals surface area (Å²) >= 11 is 0. The molecule has 90 valence electrons. The Labute approximate surface area is 93.8 Å². The van der Waals surface area contributed by atoms with Gasteiger partial charge in [-0.1, -0.05) is 41.0 Å². The van der Waals surface area contributed by atoms with Crippen LogP contribution in [0, 0.1) is 5.41 Å². The van der Waals surface area contributed by atoms with Crippen molar-refractivity contribution in [1.82, 2.24) is 4.90 Å². The molecule has 0 aromatic rings. The third kappa shape index (κ3) is 7.11. The number of carbonyl (C=O) groups excluding carboxylic acids is 2. The lowest BCUT2D eigenvalue weighted by molar-refractivity contribution is -0.139. The van der Waals surface area contributed by atoms with Crippen molar-refractivity contribution < 1.29 is 9.59 Å². The number of imide groups is 1. The molecule has 0 unspecified atom stereocenters. The average Bonchev–Trinajstić information content (AvgIpc) is 2.22. The van der Waals surface area contributed by atoms with E-state index in [-0.39, 0.29) is 11.3 Å². The largest absolute Gasteiger partial charge is 0.286 e. The fourth-order valence-corrected chi connectivity index (χ4v) is 0.946. The first-order valence-electron chi connectivity index (χ1n) is 5.71. The summed E-state index contributed by atoms with van der Waals surface area (Å²) in [5, 5.41) is 0. The molecule has 0 radical (unpaired) electrons. The fourth-order valence-electron chi connectivity index (χ4n) is 0.946. The van der Waals surface area contributed by atoms with Gasteiger partial charge in [-0.05, 0) is 12.3 Å². The van der Waals surface area contributed by atoms with Crippen molar-refractivity contribution in [1.29, 1.82) is 0 Å². The molecule has 0 bridgehead atoms. The van der Waals surface area contributed by atoms with Gasteiger partial charge in [-0.25, -0.2) is 0 Å². The van der Waals surface area contributed by atoms with E-state index in [0.717, 1.165) is 6.42 Å². The van der Waals surface area contributed by atoms with Crippen molar-refractivity contribution >= 4 is 12.3 Å². The lowest BCUT2D eigenvalue weighted by Crippen LogP contribution is -2.32.